The zero-order valence-electron chi connectivity index (χ0n) is 13.7. The van der Waals surface area contributed by atoms with Gasteiger partial charge in [0.1, 0.15) is 0 Å². The van der Waals surface area contributed by atoms with Gasteiger partial charge in [-0.15, -0.1) is 0 Å². The Bertz CT molecular complexity index is 430. The monoisotopic (exact) mass is 289 g/mol. The van der Waals surface area contributed by atoms with Crippen LogP contribution in [0.25, 0.3) is 0 Å². The number of aliphatic hydroxyl groups is 1. The summed E-state index contributed by atoms with van der Waals surface area (Å²) in [5.41, 5.74) is 4.01. The minimum Gasteiger partial charge on any atom is -0.387 e. The van der Waals surface area contributed by atoms with Crippen LogP contribution in [0.2, 0.25) is 0 Å². The summed E-state index contributed by atoms with van der Waals surface area (Å²) in [5, 5.41) is 14.0. The van der Waals surface area contributed by atoms with Crippen LogP contribution < -0.4 is 5.32 Å². The van der Waals surface area contributed by atoms with Gasteiger partial charge in [0.05, 0.1) is 6.10 Å². The third-order valence-electron chi connectivity index (χ3n) is 4.68. The number of hydrogen-bond acceptors (Lipinski definition) is 2. The fourth-order valence-corrected chi connectivity index (χ4v) is 3.22. The van der Waals surface area contributed by atoms with Gasteiger partial charge in [0, 0.05) is 6.04 Å². The molecule has 2 N–H and O–H groups in total. The van der Waals surface area contributed by atoms with Gasteiger partial charge in [0.2, 0.25) is 0 Å². The summed E-state index contributed by atoms with van der Waals surface area (Å²) in [7, 11) is 0. The normalized spacial score (nSPS) is 17.3. The van der Waals surface area contributed by atoms with Crippen molar-refractivity contribution in [2.45, 2.75) is 77.4 Å². The Morgan fingerprint density at radius 3 is 2.62 bits per heavy atom. The Morgan fingerprint density at radius 1 is 1.10 bits per heavy atom. The highest BCUT2D eigenvalue weighted by Crippen LogP contribution is 2.26. The van der Waals surface area contributed by atoms with Crippen molar-refractivity contribution in [1.29, 1.82) is 0 Å². The molecule has 2 heteroatoms. The Kier molecular flexibility index (Phi) is 6.72. The molecule has 1 aliphatic rings. The molecule has 1 aliphatic carbocycles. The SMILES string of the molecule is CCCCCCNC(C)C(O)c1ccc2c(c1)CCCC2. The van der Waals surface area contributed by atoms with Crippen molar-refractivity contribution in [3.05, 3.63) is 34.9 Å². The van der Waals surface area contributed by atoms with E-state index in [1.807, 2.05) is 0 Å². The number of fused-ring (bicyclic) bond motifs is 1. The predicted molar refractivity (Wildman–Crippen MR) is 89.7 cm³/mol. The molecule has 2 unspecified atom stereocenters. The standard InChI is InChI=1S/C19H31NO/c1-3-4-5-8-13-20-15(2)19(21)18-12-11-16-9-6-7-10-17(16)14-18/h11-12,14-15,19-21H,3-10,13H2,1-2H3. The molecule has 1 aromatic rings. The Balaban J connectivity index is 1.85. The Hall–Kier alpha value is -0.860. The van der Waals surface area contributed by atoms with Crippen LogP contribution >= 0.6 is 0 Å². The lowest BCUT2D eigenvalue weighted by Crippen LogP contribution is -2.33. The van der Waals surface area contributed by atoms with Gasteiger partial charge in [-0.2, -0.15) is 0 Å². The van der Waals surface area contributed by atoms with Crippen LogP contribution in [0.3, 0.4) is 0 Å². The molecule has 0 spiro atoms. The first kappa shape index (κ1) is 16.5. The second kappa shape index (κ2) is 8.55. The number of benzene rings is 1. The summed E-state index contributed by atoms with van der Waals surface area (Å²) in [6, 6.07) is 6.69. The average molecular weight is 289 g/mol. The van der Waals surface area contributed by atoms with Gasteiger partial charge in [0.25, 0.3) is 0 Å². The maximum absolute atomic E-state index is 10.5. The van der Waals surface area contributed by atoms with Crippen molar-refractivity contribution in [1.82, 2.24) is 5.32 Å². The van der Waals surface area contributed by atoms with Crippen molar-refractivity contribution in [2.75, 3.05) is 6.54 Å². The highest BCUT2D eigenvalue weighted by molar-refractivity contribution is 5.35. The molecule has 0 aromatic heterocycles. The van der Waals surface area contributed by atoms with E-state index >= 15 is 0 Å². The number of aliphatic hydroxyl groups excluding tert-OH is 1. The minimum atomic E-state index is -0.400. The zero-order chi connectivity index (χ0) is 15.1. The second-order valence-corrected chi connectivity index (χ2v) is 6.48. The van der Waals surface area contributed by atoms with Crippen molar-refractivity contribution >= 4 is 0 Å². The van der Waals surface area contributed by atoms with Crippen LogP contribution in [0.4, 0.5) is 0 Å². The van der Waals surface area contributed by atoms with E-state index in [1.165, 1.54) is 62.5 Å². The summed E-state index contributed by atoms with van der Waals surface area (Å²) in [5.74, 6) is 0. The minimum absolute atomic E-state index is 0.119. The summed E-state index contributed by atoms with van der Waals surface area (Å²) in [6.07, 6.45) is 9.65. The van der Waals surface area contributed by atoms with Gasteiger partial charge < -0.3 is 10.4 Å². The molecule has 2 rings (SSSR count). The van der Waals surface area contributed by atoms with Gasteiger partial charge >= 0.3 is 0 Å². The molecular weight excluding hydrogens is 258 g/mol. The first-order chi connectivity index (χ1) is 10.2. The van der Waals surface area contributed by atoms with Crippen molar-refractivity contribution in [3.8, 4) is 0 Å². The number of unbranched alkanes of at least 4 members (excludes halogenated alkanes) is 3. The van der Waals surface area contributed by atoms with E-state index in [2.05, 4.69) is 37.4 Å². The van der Waals surface area contributed by atoms with Crippen molar-refractivity contribution in [3.63, 3.8) is 0 Å². The molecule has 0 fully saturated rings. The first-order valence-corrected chi connectivity index (χ1v) is 8.75. The summed E-state index contributed by atoms with van der Waals surface area (Å²) in [4.78, 5) is 0. The van der Waals surface area contributed by atoms with Crippen molar-refractivity contribution in [2.24, 2.45) is 0 Å². The zero-order valence-corrected chi connectivity index (χ0v) is 13.7. The molecular formula is C19H31NO. The maximum Gasteiger partial charge on any atom is 0.0940 e. The molecule has 0 heterocycles. The number of rotatable bonds is 8. The molecule has 2 nitrogen and oxygen atoms in total. The first-order valence-electron chi connectivity index (χ1n) is 8.75. The Morgan fingerprint density at radius 2 is 1.86 bits per heavy atom. The lowest BCUT2D eigenvalue weighted by molar-refractivity contribution is 0.136. The van der Waals surface area contributed by atoms with E-state index in [9.17, 15) is 5.11 Å². The van der Waals surface area contributed by atoms with Crippen LogP contribution in [0.15, 0.2) is 18.2 Å². The fraction of sp³-hybridized carbons (Fsp3) is 0.684. The van der Waals surface area contributed by atoms with Crippen molar-refractivity contribution < 1.29 is 5.11 Å². The quantitative estimate of drug-likeness (QED) is 0.704. The summed E-state index contributed by atoms with van der Waals surface area (Å²) in [6.45, 7) is 5.32. The molecule has 0 amide bonds. The Labute approximate surface area is 130 Å². The van der Waals surface area contributed by atoms with E-state index in [0.717, 1.165) is 12.1 Å². The van der Waals surface area contributed by atoms with Crippen LogP contribution in [0, 0.1) is 0 Å². The van der Waals surface area contributed by atoms with E-state index in [0.29, 0.717) is 0 Å². The molecule has 118 valence electrons. The highest BCUT2D eigenvalue weighted by atomic mass is 16.3. The van der Waals surface area contributed by atoms with E-state index in [4.69, 9.17) is 0 Å². The summed E-state index contributed by atoms with van der Waals surface area (Å²) < 4.78 is 0. The maximum atomic E-state index is 10.5. The van der Waals surface area contributed by atoms with E-state index in [1.54, 1.807) is 0 Å². The number of nitrogens with one attached hydrogen (secondary N) is 1. The van der Waals surface area contributed by atoms with E-state index in [-0.39, 0.29) is 6.04 Å². The third-order valence-corrected chi connectivity index (χ3v) is 4.68. The number of aryl methyl sites for hydroxylation is 2. The predicted octanol–water partition coefficient (Wildman–Crippen LogP) is 4.16. The number of hydrogen-bond donors (Lipinski definition) is 2. The fourth-order valence-electron chi connectivity index (χ4n) is 3.22. The van der Waals surface area contributed by atoms with E-state index < -0.39 is 6.10 Å². The van der Waals surface area contributed by atoms with Crippen LogP contribution in [0.1, 0.15) is 75.2 Å². The van der Waals surface area contributed by atoms with Crippen LogP contribution in [-0.2, 0) is 12.8 Å². The molecule has 1 aromatic carbocycles. The van der Waals surface area contributed by atoms with Crippen LogP contribution in [-0.4, -0.2) is 17.7 Å². The largest absolute Gasteiger partial charge is 0.387 e. The molecule has 21 heavy (non-hydrogen) atoms. The lowest BCUT2D eigenvalue weighted by atomic mass is 9.89. The second-order valence-electron chi connectivity index (χ2n) is 6.48. The molecule has 2 atom stereocenters. The van der Waals surface area contributed by atoms with Gasteiger partial charge in [-0.25, -0.2) is 0 Å². The molecule has 0 radical (unpaired) electrons. The smallest absolute Gasteiger partial charge is 0.0940 e. The van der Waals surface area contributed by atoms with Gasteiger partial charge in [-0.05, 0) is 62.3 Å². The average Bonchev–Trinajstić information content (AvgIpc) is 2.53. The third kappa shape index (κ3) is 4.82. The summed E-state index contributed by atoms with van der Waals surface area (Å²) >= 11 is 0. The molecule has 0 saturated heterocycles. The van der Waals surface area contributed by atoms with Crippen LogP contribution in [0.5, 0.6) is 0 Å². The van der Waals surface area contributed by atoms with Gasteiger partial charge in [-0.1, -0.05) is 44.4 Å². The highest BCUT2D eigenvalue weighted by Gasteiger charge is 2.18. The van der Waals surface area contributed by atoms with Gasteiger partial charge in [-0.3, -0.25) is 0 Å². The molecule has 0 bridgehead atoms. The molecule has 0 saturated carbocycles. The molecule has 0 aliphatic heterocycles. The lowest BCUT2D eigenvalue weighted by Gasteiger charge is -2.23. The topological polar surface area (TPSA) is 32.3 Å². The van der Waals surface area contributed by atoms with Gasteiger partial charge in [0.15, 0.2) is 0 Å².